The lowest BCUT2D eigenvalue weighted by Crippen LogP contribution is -2.34. The van der Waals surface area contributed by atoms with E-state index in [1.165, 1.54) is 0 Å². The Kier molecular flexibility index (Phi) is 4.86. The van der Waals surface area contributed by atoms with Crippen molar-refractivity contribution in [3.8, 4) is 0 Å². The van der Waals surface area contributed by atoms with Gasteiger partial charge in [-0.2, -0.15) is 0 Å². The maximum Gasteiger partial charge on any atom is 0.224 e. The fraction of sp³-hybridized carbons (Fsp3) is 0.875. The van der Waals surface area contributed by atoms with Crippen LogP contribution in [0.3, 0.4) is 0 Å². The summed E-state index contributed by atoms with van der Waals surface area (Å²) in [6.45, 7) is 2.86. The van der Waals surface area contributed by atoms with Crippen LogP contribution in [0.1, 0.15) is 13.3 Å². The minimum atomic E-state index is 0.134. The van der Waals surface area contributed by atoms with Crippen LogP contribution < -0.4 is 5.32 Å². The second kappa shape index (κ2) is 5.13. The number of hydrogen-bond donors (Lipinski definition) is 1. The third-order valence-corrected chi connectivity index (χ3v) is 1.70. The lowest BCUT2D eigenvalue weighted by Gasteiger charge is -2.17. The molecule has 0 aliphatic rings. The Labute approximate surface area is 68.8 Å². The van der Waals surface area contributed by atoms with E-state index in [9.17, 15) is 4.79 Å². The van der Waals surface area contributed by atoms with Crippen molar-refractivity contribution in [3.05, 3.63) is 0 Å². The second-order valence-corrected chi connectivity index (χ2v) is 2.98. The fourth-order valence-corrected chi connectivity index (χ4v) is 1.04. The molecule has 0 aromatic heterocycles. The van der Waals surface area contributed by atoms with Gasteiger partial charge in [-0.3, -0.25) is 4.79 Å². The SMILES string of the molecule is CCC(CN(C)C)C(=O)NC. The first-order valence-electron chi connectivity index (χ1n) is 3.98. The number of amides is 1. The molecule has 11 heavy (non-hydrogen) atoms. The molecular weight excluding hydrogens is 140 g/mol. The van der Waals surface area contributed by atoms with Gasteiger partial charge in [-0.15, -0.1) is 0 Å². The first-order chi connectivity index (χ1) is 5.11. The van der Waals surface area contributed by atoms with Crippen LogP contribution in [0.2, 0.25) is 0 Å². The minimum Gasteiger partial charge on any atom is -0.359 e. The zero-order chi connectivity index (χ0) is 8.85. The van der Waals surface area contributed by atoms with Crippen molar-refractivity contribution < 1.29 is 4.79 Å². The van der Waals surface area contributed by atoms with E-state index >= 15 is 0 Å². The summed E-state index contributed by atoms with van der Waals surface area (Å²) >= 11 is 0. The maximum atomic E-state index is 11.1. The van der Waals surface area contributed by atoms with E-state index in [1.807, 2.05) is 25.9 Å². The van der Waals surface area contributed by atoms with E-state index in [1.54, 1.807) is 7.05 Å². The van der Waals surface area contributed by atoms with Gasteiger partial charge < -0.3 is 10.2 Å². The molecule has 3 heteroatoms. The standard InChI is InChI=1S/C8H18N2O/c1-5-7(6-10(3)4)8(11)9-2/h7H,5-6H2,1-4H3,(H,9,11). The van der Waals surface area contributed by atoms with Gasteiger partial charge in [-0.1, -0.05) is 6.92 Å². The Hall–Kier alpha value is -0.570. The molecule has 0 radical (unpaired) electrons. The highest BCUT2D eigenvalue weighted by molar-refractivity contribution is 5.78. The molecule has 0 aliphatic carbocycles. The highest BCUT2D eigenvalue weighted by Crippen LogP contribution is 2.02. The lowest BCUT2D eigenvalue weighted by molar-refractivity contribution is -0.125. The molecule has 0 aromatic rings. The minimum absolute atomic E-state index is 0.134. The number of hydrogen-bond acceptors (Lipinski definition) is 2. The van der Waals surface area contributed by atoms with Gasteiger partial charge in [0.2, 0.25) is 5.91 Å². The fourth-order valence-electron chi connectivity index (χ4n) is 1.04. The average Bonchev–Trinajstić information content (AvgIpc) is 1.98. The molecule has 0 bridgehead atoms. The molecule has 0 spiro atoms. The molecule has 1 unspecified atom stereocenters. The summed E-state index contributed by atoms with van der Waals surface area (Å²) in [5, 5.41) is 2.66. The summed E-state index contributed by atoms with van der Waals surface area (Å²) in [6, 6.07) is 0. The molecule has 0 aromatic carbocycles. The summed E-state index contributed by atoms with van der Waals surface area (Å²) in [5.41, 5.74) is 0. The van der Waals surface area contributed by atoms with Crippen molar-refractivity contribution in [2.45, 2.75) is 13.3 Å². The van der Waals surface area contributed by atoms with Crippen LogP contribution in [0.25, 0.3) is 0 Å². The molecule has 1 atom stereocenters. The molecule has 1 N–H and O–H groups in total. The van der Waals surface area contributed by atoms with Crippen molar-refractivity contribution in [1.29, 1.82) is 0 Å². The summed E-state index contributed by atoms with van der Waals surface area (Å²) in [7, 11) is 5.64. The predicted octanol–water partition coefficient (Wildman–Crippen LogP) is 0.320. The number of rotatable bonds is 4. The number of nitrogens with one attached hydrogen (secondary N) is 1. The Morgan fingerprint density at radius 1 is 1.55 bits per heavy atom. The Morgan fingerprint density at radius 2 is 2.09 bits per heavy atom. The van der Waals surface area contributed by atoms with E-state index in [4.69, 9.17) is 0 Å². The molecule has 0 heterocycles. The highest BCUT2D eigenvalue weighted by atomic mass is 16.1. The van der Waals surface area contributed by atoms with Gasteiger partial charge in [0, 0.05) is 13.6 Å². The average molecular weight is 158 g/mol. The zero-order valence-electron chi connectivity index (χ0n) is 7.85. The van der Waals surface area contributed by atoms with Crippen LogP contribution in [0.5, 0.6) is 0 Å². The van der Waals surface area contributed by atoms with Crippen LogP contribution in [0, 0.1) is 5.92 Å². The van der Waals surface area contributed by atoms with Gasteiger partial charge >= 0.3 is 0 Å². The van der Waals surface area contributed by atoms with E-state index in [2.05, 4.69) is 5.32 Å². The molecule has 0 rings (SSSR count). The summed E-state index contributed by atoms with van der Waals surface area (Å²) < 4.78 is 0. The van der Waals surface area contributed by atoms with Crippen molar-refractivity contribution in [2.24, 2.45) is 5.92 Å². The smallest absolute Gasteiger partial charge is 0.224 e. The van der Waals surface area contributed by atoms with Crippen molar-refractivity contribution >= 4 is 5.91 Å². The Bertz CT molecular complexity index is 123. The highest BCUT2D eigenvalue weighted by Gasteiger charge is 2.14. The second-order valence-electron chi connectivity index (χ2n) is 2.98. The van der Waals surface area contributed by atoms with Crippen molar-refractivity contribution in [2.75, 3.05) is 27.7 Å². The largest absolute Gasteiger partial charge is 0.359 e. The number of nitrogens with zero attached hydrogens (tertiary/aromatic N) is 1. The van der Waals surface area contributed by atoms with Gasteiger partial charge in [0.05, 0.1) is 5.92 Å². The molecule has 1 amide bonds. The van der Waals surface area contributed by atoms with E-state index in [0.717, 1.165) is 13.0 Å². The zero-order valence-corrected chi connectivity index (χ0v) is 7.85. The quantitative estimate of drug-likeness (QED) is 0.639. The van der Waals surface area contributed by atoms with E-state index < -0.39 is 0 Å². The summed E-state index contributed by atoms with van der Waals surface area (Å²) in [5.74, 6) is 0.274. The monoisotopic (exact) mass is 158 g/mol. The van der Waals surface area contributed by atoms with E-state index in [-0.39, 0.29) is 11.8 Å². The molecule has 0 fully saturated rings. The van der Waals surface area contributed by atoms with Crippen molar-refractivity contribution in [1.82, 2.24) is 10.2 Å². The van der Waals surface area contributed by atoms with Crippen LogP contribution in [-0.4, -0.2) is 38.5 Å². The molecule has 66 valence electrons. The normalized spacial score (nSPS) is 13.2. The topological polar surface area (TPSA) is 32.3 Å². The van der Waals surface area contributed by atoms with Crippen LogP contribution in [0.4, 0.5) is 0 Å². The molecule has 0 saturated heterocycles. The number of carbonyl (C=O) groups excluding carboxylic acids is 1. The lowest BCUT2D eigenvalue weighted by atomic mass is 10.1. The number of carbonyl (C=O) groups is 1. The van der Waals surface area contributed by atoms with Gasteiger partial charge in [0.25, 0.3) is 0 Å². The van der Waals surface area contributed by atoms with Crippen molar-refractivity contribution in [3.63, 3.8) is 0 Å². The molecule has 0 saturated carbocycles. The van der Waals surface area contributed by atoms with Gasteiger partial charge in [0.15, 0.2) is 0 Å². The Morgan fingerprint density at radius 3 is 2.36 bits per heavy atom. The van der Waals surface area contributed by atoms with Gasteiger partial charge in [-0.25, -0.2) is 0 Å². The first kappa shape index (κ1) is 10.4. The third-order valence-electron chi connectivity index (χ3n) is 1.70. The van der Waals surface area contributed by atoms with Crippen LogP contribution >= 0.6 is 0 Å². The third kappa shape index (κ3) is 3.98. The van der Waals surface area contributed by atoms with Gasteiger partial charge in [-0.05, 0) is 20.5 Å². The predicted molar refractivity (Wildman–Crippen MR) is 46.4 cm³/mol. The van der Waals surface area contributed by atoms with Crippen LogP contribution in [-0.2, 0) is 4.79 Å². The van der Waals surface area contributed by atoms with Gasteiger partial charge in [0.1, 0.15) is 0 Å². The molecular formula is C8H18N2O. The van der Waals surface area contributed by atoms with Crippen LogP contribution in [0.15, 0.2) is 0 Å². The van der Waals surface area contributed by atoms with E-state index in [0.29, 0.717) is 0 Å². The molecule has 0 aliphatic heterocycles. The summed E-state index contributed by atoms with van der Waals surface area (Å²) in [6.07, 6.45) is 0.901. The Balaban J connectivity index is 3.84. The summed E-state index contributed by atoms with van der Waals surface area (Å²) in [4.78, 5) is 13.2. The maximum absolute atomic E-state index is 11.1. The molecule has 3 nitrogen and oxygen atoms in total. The first-order valence-corrected chi connectivity index (χ1v) is 3.98.